The number of para-hydroxylation sites is 1. The van der Waals surface area contributed by atoms with E-state index >= 15 is 0 Å². The van der Waals surface area contributed by atoms with Gasteiger partial charge in [-0.05, 0) is 36.4 Å². The van der Waals surface area contributed by atoms with E-state index in [9.17, 15) is 0 Å². The molecular formula is C35H27N3S. The van der Waals surface area contributed by atoms with Gasteiger partial charge in [-0.3, -0.25) is 4.90 Å². The van der Waals surface area contributed by atoms with Gasteiger partial charge >= 0.3 is 0 Å². The molecule has 4 heteroatoms. The molecule has 8 rings (SSSR count). The van der Waals surface area contributed by atoms with E-state index in [1.165, 1.54) is 53.1 Å². The van der Waals surface area contributed by atoms with Gasteiger partial charge in [0.25, 0.3) is 0 Å². The van der Waals surface area contributed by atoms with Crippen LogP contribution in [-0.2, 0) is 0 Å². The van der Waals surface area contributed by atoms with E-state index < -0.39 is 0 Å². The molecule has 0 saturated carbocycles. The van der Waals surface area contributed by atoms with Crippen molar-refractivity contribution in [3.05, 3.63) is 139 Å². The fourth-order valence-electron chi connectivity index (χ4n) is 6.26. The topological polar surface area (TPSA) is 20.2 Å². The molecule has 0 fully saturated rings. The first-order chi connectivity index (χ1) is 19.3. The number of nitrogens with zero attached hydrogens (tertiary/aromatic N) is 2. The lowest BCUT2D eigenvalue weighted by atomic mass is 10.00. The minimum atomic E-state index is -0.0892. The number of aromatic nitrogens is 1. The van der Waals surface area contributed by atoms with E-state index in [-0.39, 0.29) is 12.3 Å². The van der Waals surface area contributed by atoms with Gasteiger partial charge in [0.1, 0.15) is 0 Å². The van der Waals surface area contributed by atoms with Crippen LogP contribution in [0.2, 0.25) is 0 Å². The third-order valence-electron chi connectivity index (χ3n) is 8.12. The number of hydrogen-bond donors (Lipinski definition) is 1. The molecule has 1 N–H and O–H groups in total. The van der Waals surface area contributed by atoms with Crippen LogP contribution < -0.4 is 5.32 Å². The minimum absolute atomic E-state index is 0.0892. The van der Waals surface area contributed by atoms with E-state index in [0.717, 1.165) is 5.70 Å². The Bertz CT molecular complexity index is 2020. The maximum absolute atomic E-state index is 3.96. The lowest BCUT2D eigenvalue weighted by Gasteiger charge is -2.41. The van der Waals surface area contributed by atoms with Crippen molar-refractivity contribution in [3.63, 3.8) is 0 Å². The molecule has 3 nitrogen and oxygen atoms in total. The highest BCUT2D eigenvalue weighted by Crippen LogP contribution is 2.44. The van der Waals surface area contributed by atoms with Crippen molar-refractivity contribution in [2.75, 3.05) is 7.05 Å². The summed E-state index contributed by atoms with van der Waals surface area (Å²) in [6, 6.07) is 43.9. The fraction of sp³-hybridized carbons (Fsp3) is 0.0857. The molecule has 1 aliphatic rings. The molecule has 2 atom stereocenters. The Kier molecular flexibility index (Phi) is 5.12. The van der Waals surface area contributed by atoms with Crippen molar-refractivity contribution in [1.82, 2.24) is 14.8 Å². The van der Waals surface area contributed by atoms with Gasteiger partial charge in [0.15, 0.2) is 6.29 Å². The first kappa shape index (κ1) is 22.6. The van der Waals surface area contributed by atoms with Crippen LogP contribution in [0, 0.1) is 0 Å². The van der Waals surface area contributed by atoms with Crippen LogP contribution in [0.1, 0.15) is 23.5 Å². The molecule has 0 aliphatic carbocycles. The van der Waals surface area contributed by atoms with E-state index in [0.29, 0.717) is 0 Å². The van der Waals surface area contributed by atoms with Gasteiger partial charge in [-0.2, -0.15) is 0 Å². The Labute approximate surface area is 231 Å². The second kappa shape index (κ2) is 8.84. The molecule has 0 spiro atoms. The molecule has 2 aromatic heterocycles. The standard InChI is InChI=1S/C35H27N3S/c1-37-31(24-14-6-3-7-15-24)22-29(23-12-4-2-5-13-23)36-35(37)38-30-18-10-8-16-25(30)27-20-21-28-26-17-9-11-19-32(26)39-34(28)33(27)38/h2-22,31,35-36H,1H3. The number of thiophene rings is 1. The fourth-order valence-corrected chi connectivity index (χ4v) is 7.51. The number of likely N-dealkylation sites (N-methyl/N-ethyl adjacent to an activating group) is 1. The molecular weight excluding hydrogens is 494 g/mol. The third kappa shape index (κ3) is 3.46. The third-order valence-corrected chi connectivity index (χ3v) is 9.31. The minimum Gasteiger partial charge on any atom is -0.352 e. The maximum Gasteiger partial charge on any atom is 0.162 e. The van der Waals surface area contributed by atoms with E-state index in [4.69, 9.17) is 0 Å². The van der Waals surface area contributed by atoms with Crippen molar-refractivity contribution in [1.29, 1.82) is 0 Å². The van der Waals surface area contributed by atoms with Gasteiger partial charge in [0.05, 0.1) is 21.8 Å². The number of benzene rings is 5. The van der Waals surface area contributed by atoms with Crippen LogP contribution in [0.15, 0.2) is 127 Å². The Morgan fingerprint density at radius 3 is 2.13 bits per heavy atom. The largest absolute Gasteiger partial charge is 0.352 e. The molecule has 188 valence electrons. The first-order valence-corrected chi connectivity index (χ1v) is 14.2. The maximum atomic E-state index is 3.96. The Hall–Kier alpha value is -4.38. The average Bonchev–Trinajstić information content (AvgIpc) is 3.54. The summed E-state index contributed by atoms with van der Waals surface area (Å²) in [6.07, 6.45) is 2.28. The number of hydrogen-bond acceptors (Lipinski definition) is 3. The number of rotatable bonds is 3. The molecule has 0 radical (unpaired) electrons. The van der Waals surface area contributed by atoms with Crippen molar-refractivity contribution in [2.24, 2.45) is 0 Å². The zero-order chi connectivity index (χ0) is 25.9. The molecule has 5 aromatic carbocycles. The highest BCUT2D eigenvalue weighted by Gasteiger charge is 2.32. The smallest absolute Gasteiger partial charge is 0.162 e. The zero-order valence-corrected chi connectivity index (χ0v) is 22.4. The summed E-state index contributed by atoms with van der Waals surface area (Å²) in [5, 5.41) is 9.19. The molecule has 2 unspecified atom stereocenters. The molecule has 0 saturated heterocycles. The average molecular weight is 522 g/mol. The number of nitrogens with one attached hydrogen (secondary N) is 1. The summed E-state index contributed by atoms with van der Waals surface area (Å²) < 4.78 is 5.20. The molecule has 0 bridgehead atoms. The van der Waals surface area contributed by atoms with E-state index in [1.807, 2.05) is 11.3 Å². The predicted octanol–water partition coefficient (Wildman–Crippen LogP) is 8.94. The molecule has 7 aromatic rings. The van der Waals surface area contributed by atoms with Gasteiger partial charge < -0.3 is 9.88 Å². The van der Waals surface area contributed by atoms with Crippen molar-refractivity contribution in [3.8, 4) is 0 Å². The molecule has 3 heterocycles. The summed E-state index contributed by atoms with van der Waals surface area (Å²) in [4.78, 5) is 2.46. The normalized spacial score (nSPS) is 18.1. The van der Waals surface area contributed by atoms with Crippen LogP contribution in [-0.4, -0.2) is 16.5 Å². The first-order valence-electron chi connectivity index (χ1n) is 13.4. The van der Waals surface area contributed by atoms with E-state index in [1.54, 1.807) is 0 Å². The van der Waals surface area contributed by atoms with Gasteiger partial charge in [-0.15, -0.1) is 11.3 Å². The van der Waals surface area contributed by atoms with Crippen molar-refractivity contribution < 1.29 is 0 Å². The quantitative estimate of drug-likeness (QED) is 0.250. The van der Waals surface area contributed by atoms with Crippen LogP contribution >= 0.6 is 11.3 Å². The Balaban J connectivity index is 1.43. The van der Waals surface area contributed by atoms with Gasteiger partial charge in [0.2, 0.25) is 0 Å². The predicted molar refractivity (Wildman–Crippen MR) is 166 cm³/mol. The second-order valence-electron chi connectivity index (χ2n) is 10.3. The summed E-state index contributed by atoms with van der Waals surface area (Å²) in [5.74, 6) is 0. The van der Waals surface area contributed by atoms with Crippen LogP contribution in [0.3, 0.4) is 0 Å². The lowest BCUT2D eigenvalue weighted by molar-refractivity contribution is 0.124. The van der Waals surface area contributed by atoms with Gasteiger partial charge in [-0.25, -0.2) is 0 Å². The van der Waals surface area contributed by atoms with Crippen LogP contribution in [0.25, 0.3) is 47.7 Å². The van der Waals surface area contributed by atoms with E-state index in [2.05, 4.69) is 149 Å². The second-order valence-corrected chi connectivity index (χ2v) is 11.4. The highest BCUT2D eigenvalue weighted by molar-refractivity contribution is 7.26. The van der Waals surface area contributed by atoms with Gasteiger partial charge in [-0.1, -0.05) is 109 Å². The highest BCUT2D eigenvalue weighted by atomic mass is 32.1. The SMILES string of the molecule is CN1C(c2ccccc2)C=C(c2ccccc2)NC1n1c2ccccc2c2ccc3c4ccccc4sc3c21. The van der Waals surface area contributed by atoms with Crippen LogP contribution in [0.4, 0.5) is 0 Å². The van der Waals surface area contributed by atoms with Crippen molar-refractivity contribution in [2.45, 2.75) is 12.3 Å². The summed E-state index contributed by atoms with van der Waals surface area (Å²) in [5.41, 5.74) is 6.17. The molecule has 1 aliphatic heterocycles. The zero-order valence-electron chi connectivity index (χ0n) is 21.6. The summed E-state index contributed by atoms with van der Waals surface area (Å²) >= 11 is 1.90. The molecule has 39 heavy (non-hydrogen) atoms. The van der Waals surface area contributed by atoms with Gasteiger partial charge in [0, 0.05) is 31.9 Å². The Morgan fingerprint density at radius 1 is 0.641 bits per heavy atom. The summed E-state index contributed by atoms with van der Waals surface area (Å²) in [6.45, 7) is 0. The monoisotopic (exact) mass is 521 g/mol. The lowest BCUT2D eigenvalue weighted by Crippen LogP contribution is -2.44. The molecule has 0 amide bonds. The van der Waals surface area contributed by atoms with Crippen molar-refractivity contribution >= 4 is 59.0 Å². The Morgan fingerprint density at radius 2 is 1.31 bits per heavy atom. The van der Waals surface area contributed by atoms with Crippen LogP contribution in [0.5, 0.6) is 0 Å². The summed E-state index contributed by atoms with van der Waals surface area (Å²) in [7, 11) is 2.24. The number of fused-ring (bicyclic) bond motifs is 7.